The van der Waals surface area contributed by atoms with Gasteiger partial charge >= 0.3 is 0 Å². The van der Waals surface area contributed by atoms with Gasteiger partial charge in [0.2, 0.25) is 11.8 Å². The molecule has 0 radical (unpaired) electrons. The summed E-state index contributed by atoms with van der Waals surface area (Å²) in [6.45, 7) is 2.68. The van der Waals surface area contributed by atoms with E-state index in [0.717, 1.165) is 36.2 Å². The smallest absolute Gasteiger partial charge is 0.266 e. The van der Waals surface area contributed by atoms with Gasteiger partial charge < -0.3 is 0 Å². The molecule has 7 nitrogen and oxygen atoms in total. The molecule has 4 aliphatic rings. The molecule has 182 valence electrons. The number of aryl methyl sites for hydroxylation is 1. The van der Waals surface area contributed by atoms with Crippen molar-refractivity contribution in [3.8, 4) is 5.69 Å². The van der Waals surface area contributed by atoms with E-state index >= 15 is 0 Å². The topological polar surface area (TPSA) is 75.5 Å². The van der Waals surface area contributed by atoms with Crippen molar-refractivity contribution in [3.05, 3.63) is 100 Å². The van der Waals surface area contributed by atoms with E-state index in [-0.39, 0.29) is 23.4 Å². The molecule has 0 bridgehead atoms. The summed E-state index contributed by atoms with van der Waals surface area (Å²) in [7, 11) is 0. The van der Waals surface area contributed by atoms with Crippen molar-refractivity contribution < 1.29 is 9.59 Å². The Morgan fingerprint density at radius 3 is 2.43 bits per heavy atom. The zero-order chi connectivity index (χ0) is 25.1. The number of anilines is 1. The minimum Gasteiger partial charge on any atom is -0.283 e. The summed E-state index contributed by atoms with van der Waals surface area (Å²) < 4.78 is 1.70. The number of carbonyl (C=O) groups is 2. The summed E-state index contributed by atoms with van der Waals surface area (Å²) in [6.07, 6.45) is 1.77. The third-order valence-corrected chi connectivity index (χ3v) is 9.00. The largest absolute Gasteiger partial charge is 0.283 e. The van der Waals surface area contributed by atoms with Crippen LogP contribution >= 0.6 is 0 Å². The molecule has 0 N–H and O–H groups in total. The zero-order valence-corrected chi connectivity index (χ0v) is 20.3. The number of imide groups is 1. The fourth-order valence-electron chi connectivity index (χ4n) is 7.67. The van der Waals surface area contributed by atoms with Crippen molar-refractivity contribution in [3.63, 3.8) is 0 Å². The van der Waals surface area contributed by atoms with Crippen LogP contribution in [0.25, 0.3) is 16.6 Å². The molecule has 7 heteroatoms. The number of aromatic nitrogens is 2. The molecule has 5 heterocycles. The lowest BCUT2D eigenvalue weighted by atomic mass is 9.75. The van der Waals surface area contributed by atoms with Crippen molar-refractivity contribution in [1.29, 1.82) is 0 Å². The Morgan fingerprint density at radius 1 is 0.865 bits per heavy atom. The van der Waals surface area contributed by atoms with Crippen molar-refractivity contribution in [1.82, 2.24) is 14.5 Å². The molecule has 1 aromatic heterocycles. The van der Waals surface area contributed by atoms with E-state index in [4.69, 9.17) is 4.98 Å². The molecule has 3 saturated heterocycles. The average molecular weight is 489 g/mol. The quantitative estimate of drug-likeness (QED) is 0.383. The van der Waals surface area contributed by atoms with Crippen LogP contribution in [0.2, 0.25) is 0 Å². The van der Waals surface area contributed by atoms with E-state index < -0.39 is 17.4 Å². The summed E-state index contributed by atoms with van der Waals surface area (Å²) in [4.78, 5) is 51.4. The maximum absolute atomic E-state index is 14.5. The summed E-state index contributed by atoms with van der Waals surface area (Å²) in [6, 6.07) is 22.6. The van der Waals surface area contributed by atoms with Crippen LogP contribution in [0.1, 0.15) is 29.8 Å². The Balaban J connectivity index is 1.46. The van der Waals surface area contributed by atoms with Gasteiger partial charge in [-0.05, 0) is 56.1 Å². The van der Waals surface area contributed by atoms with Gasteiger partial charge in [-0.15, -0.1) is 0 Å². The highest BCUT2D eigenvalue weighted by Gasteiger charge is 2.73. The lowest BCUT2D eigenvalue weighted by Gasteiger charge is -2.38. The molecule has 8 rings (SSSR count). The van der Waals surface area contributed by atoms with Gasteiger partial charge in [-0.3, -0.25) is 23.9 Å². The second-order valence-electron chi connectivity index (χ2n) is 10.6. The Labute approximate surface area is 213 Å². The maximum Gasteiger partial charge on any atom is 0.266 e. The van der Waals surface area contributed by atoms with Crippen LogP contribution in [-0.2, 0) is 15.1 Å². The second-order valence-corrected chi connectivity index (χ2v) is 10.6. The maximum atomic E-state index is 14.5. The number of para-hydroxylation sites is 3. The molecule has 0 aliphatic carbocycles. The predicted octanol–water partition coefficient (Wildman–Crippen LogP) is 3.53. The molecule has 4 aromatic rings. The lowest BCUT2D eigenvalue weighted by molar-refractivity contribution is -0.124. The van der Waals surface area contributed by atoms with Crippen LogP contribution in [0, 0.1) is 18.8 Å². The van der Waals surface area contributed by atoms with E-state index in [1.54, 1.807) is 10.6 Å². The van der Waals surface area contributed by atoms with Crippen molar-refractivity contribution >= 4 is 28.4 Å². The molecular formula is C30H24N4O3. The Hall–Kier alpha value is -4.10. The fourth-order valence-corrected chi connectivity index (χ4v) is 7.67. The number of hydrogen-bond acceptors (Lipinski definition) is 5. The Kier molecular flexibility index (Phi) is 3.99. The molecule has 37 heavy (non-hydrogen) atoms. The van der Waals surface area contributed by atoms with Crippen molar-refractivity contribution in [2.24, 2.45) is 11.8 Å². The second kappa shape index (κ2) is 7.01. The van der Waals surface area contributed by atoms with E-state index in [2.05, 4.69) is 4.90 Å². The van der Waals surface area contributed by atoms with Crippen molar-refractivity contribution in [2.45, 2.75) is 31.3 Å². The third-order valence-electron chi connectivity index (χ3n) is 9.00. The Morgan fingerprint density at radius 2 is 1.59 bits per heavy atom. The van der Waals surface area contributed by atoms with Gasteiger partial charge in [-0.1, -0.05) is 48.5 Å². The monoisotopic (exact) mass is 488 g/mol. The summed E-state index contributed by atoms with van der Waals surface area (Å²) in [5.41, 5.74) is 2.66. The summed E-state index contributed by atoms with van der Waals surface area (Å²) in [5, 5.41) is 0.543. The van der Waals surface area contributed by atoms with Crippen LogP contribution in [0.4, 0.5) is 5.69 Å². The SMILES string of the molecule is Cc1ccccc1N1C(=O)[C@H]2[C@H]3CCCN3[C@]3(c4ccccc4-n4c3nc3ccccc3c4=O)[C@H]2C1=O. The highest BCUT2D eigenvalue weighted by molar-refractivity contribution is 6.23. The average Bonchev–Trinajstić information content (AvgIpc) is 3.62. The van der Waals surface area contributed by atoms with Gasteiger partial charge in [0.25, 0.3) is 5.56 Å². The first-order valence-corrected chi connectivity index (χ1v) is 12.9. The highest BCUT2D eigenvalue weighted by Crippen LogP contribution is 2.62. The van der Waals surface area contributed by atoms with E-state index in [0.29, 0.717) is 22.4 Å². The van der Waals surface area contributed by atoms with Gasteiger partial charge in [0.15, 0.2) is 0 Å². The Bertz CT molecular complexity index is 1740. The summed E-state index contributed by atoms with van der Waals surface area (Å²) in [5.74, 6) is -0.934. The van der Waals surface area contributed by atoms with Crippen molar-refractivity contribution in [2.75, 3.05) is 11.4 Å². The number of nitrogens with zero attached hydrogens (tertiary/aromatic N) is 4. The normalized spacial score (nSPS) is 27.7. The molecule has 1 spiro atoms. The van der Waals surface area contributed by atoms with Gasteiger partial charge in [-0.25, -0.2) is 9.88 Å². The first kappa shape index (κ1) is 21.0. The van der Waals surface area contributed by atoms with Crippen LogP contribution < -0.4 is 10.5 Å². The number of amides is 2. The van der Waals surface area contributed by atoms with Gasteiger partial charge in [-0.2, -0.15) is 0 Å². The first-order valence-electron chi connectivity index (χ1n) is 12.9. The first-order chi connectivity index (χ1) is 18.0. The molecular weight excluding hydrogens is 464 g/mol. The zero-order valence-electron chi connectivity index (χ0n) is 20.3. The third kappa shape index (κ3) is 2.32. The molecule has 4 atom stereocenters. The molecule has 0 unspecified atom stereocenters. The number of benzene rings is 3. The lowest BCUT2D eigenvalue weighted by Crippen LogP contribution is -2.51. The molecule has 3 aromatic carbocycles. The predicted molar refractivity (Wildman–Crippen MR) is 138 cm³/mol. The molecule has 0 saturated carbocycles. The number of carbonyl (C=O) groups excluding carboxylic acids is 2. The van der Waals surface area contributed by atoms with E-state index in [9.17, 15) is 14.4 Å². The molecule has 4 aliphatic heterocycles. The van der Waals surface area contributed by atoms with Crippen LogP contribution in [-0.4, -0.2) is 38.9 Å². The molecule has 3 fully saturated rings. The van der Waals surface area contributed by atoms with Gasteiger partial charge in [0.05, 0.1) is 34.1 Å². The van der Waals surface area contributed by atoms with Crippen LogP contribution in [0.15, 0.2) is 77.6 Å². The standard InChI is InChI=1S/C30H24N4O3/c1-17-9-2-6-13-21(17)33-27(36)24-23-15-8-16-32(23)30(25(24)28(33)37)19-11-4-7-14-22(19)34-26(35)18-10-3-5-12-20(18)31-29(30)34/h2-7,9-14,23-25H,8,15-16H2,1H3/t23-,24+,25-,30-/m1/s1. The van der Waals surface area contributed by atoms with Crippen LogP contribution in [0.3, 0.4) is 0 Å². The number of hydrogen-bond donors (Lipinski definition) is 0. The van der Waals surface area contributed by atoms with Crippen LogP contribution in [0.5, 0.6) is 0 Å². The molecule has 2 amide bonds. The number of rotatable bonds is 1. The summed E-state index contributed by atoms with van der Waals surface area (Å²) >= 11 is 0. The number of fused-ring (bicyclic) bond motifs is 11. The minimum absolute atomic E-state index is 0.0848. The van der Waals surface area contributed by atoms with E-state index in [1.165, 1.54) is 4.90 Å². The van der Waals surface area contributed by atoms with E-state index in [1.807, 2.05) is 73.7 Å². The fraction of sp³-hybridized carbons (Fsp3) is 0.267. The highest BCUT2D eigenvalue weighted by atomic mass is 16.2. The minimum atomic E-state index is -0.976. The van der Waals surface area contributed by atoms with Gasteiger partial charge in [0.1, 0.15) is 11.4 Å². The van der Waals surface area contributed by atoms with Gasteiger partial charge in [0, 0.05) is 11.6 Å².